The number of likely N-dealkylation sites (tertiary alicyclic amines) is 1. The molecule has 1 spiro atoms. The summed E-state index contributed by atoms with van der Waals surface area (Å²) in [6, 6.07) is 5.96. The molecule has 2 fully saturated rings. The molecule has 1 aromatic heterocycles. The second kappa shape index (κ2) is 9.07. The third-order valence-corrected chi connectivity index (χ3v) is 5.72. The Hall–Kier alpha value is -1.78. The lowest BCUT2D eigenvalue weighted by molar-refractivity contribution is 0.203. The molecule has 1 saturated heterocycles. The van der Waals surface area contributed by atoms with Gasteiger partial charge in [0.2, 0.25) is 0 Å². The van der Waals surface area contributed by atoms with Crippen LogP contribution >= 0.6 is 0 Å². The second-order valence-corrected chi connectivity index (χ2v) is 7.56. The van der Waals surface area contributed by atoms with E-state index in [9.17, 15) is 0 Å². The van der Waals surface area contributed by atoms with Crippen molar-refractivity contribution in [1.29, 1.82) is 0 Å². The monoisotopic (exact) mass is 343 g/mol. The van der Waals surface area contributed by atoms with Gasteiger partial charge in [-0.1, -0.05) is 25.3 Å². The Bertz CT molecular complexity index is 536. The van der Waals surface area contributed by atoms with E-state index in [1.807, 2.05) is 31.4 Å². The summed E-state index contributed by atoms with van der Waals surface area (Å²) in [7, 11) is 1.91. The fourth-order valence-electron chi connectivity index (χ4n) is 4.29. The SMILES string of the molecule is CN=C(NCCCCNc1ccccn1)N1CCC2(CCCCC2)C1. The lowest BCUT2D eigenvalue weighted by Gasteiger charge is -2.33. The standard InChI is InChI=1S/C20H33N5/c1-21-19(25-16-12-20(17-25)10-4-2-5-11-20)24-15-8-7-14-23-18-9-3-6-13-22-18/h3,6,9,13H,2,4-5,7-8,10-12,14-17H2,1H3,(H,21,24)(H,22,23). The number of hydrogen-bond donors (Lipinski definition) is 2. The zero-order valence-electron chi connectivity index (χ0n) is 15.6. The average molecular weight is 344 g/mol. The summed E-state index contributed by atoms with van der Waals surface area (Å²) in [4.78, 5) is 11.3. The number of hydrogen-bond acceptors (Lipinski definition) is 3. The molecule has 25 heavy (non-hydrogen) atoms. The highest BCUT2D eigenvalue weighted by Crippen LogP contribution is 2.43. The molecule has 0 radical (unpaired) electrons. The summed E-state index contributed by atoms with van der Waals surface area (Å²) in [6.45, 7) is 4.32. The maximum Gasteiger partial charge on any atom is 0.193 e. The van der Waals surface area contributed by atoms with Crippen LogP contribution in [0.5, 0.6) is 0 Å². The molecule has 0 amide bonds. The van der Waals surface area contributed by atoms with Crippen molar-refractivity contribution in [3.8, 4) is 0 Å². The molecule has 0 atom stereocenters. The van der Waals surface area contributed by atoms with Crippen LogP contribution in [0, 0.1) is 5.41 Å². The largest absolute Gasteiger partial charge is 0.370 e. The summed E-state index contributed by atoms with van der Waals surface area (Å²) < 4.78 is 0. The molecule has 2 N–H and O–H groups in total. The Morgan fingerprint density at radius 3 is 2.76 bits per heavy atom. The van der Waals surface area contributed by atoms with Gasteiger partial charge in [-0.15, -0.1) is 0 Å². The van der Waals surface area contributed by atoms with Gasteiger partial charge in [-0.2, -0.15) is 0 Å². The maximum absolute atomic E-state index is 4.52. The summed E-state index contributed by atoms with van der Waals surface area (Å²) in [5, 5.41) is 6.93. The molecule has 1 saturated carbocycles. The molecule has 0 bridgehead atoms. The minimum Gasteiger partial charge on any atom is -0.370 e. The first-order valence-electron chi connectivity index (χ1n) is 9.92. The molecule has 1 aromatic rings. The predicted molar refractivity (Wildman–Crippen MR) is 105 cm³/mol. The van der Waals surface area contributed by atoms with E-state index in [-0.39, 0.29) is 0 Å². The van der Waals surface area contributed by atoms with Crippen LogP contribution in [-0.4, -0.2) is 49.1 Å². The highest BCUT2D eigenvalue weighted by Gasteiger charge is 2.39. The molecule has 0 aromatic carbocycles. The van der Waals surface area contributed by atoms with Crippen LogP contribution in [0.2, 0.25) is 0 Å². The normalized spacial score (nSPS) is 20.0. The van der Waals surface area contributed by atoms with Crippen LogP contribution in [-0.2, 0) is 0 Å². The Morgan fingerprint density at radius 2 is 2.00 bits per heavy atom. The first-order valence-corrected chi connectivity index (χ1v) is 9.92. The average Bonchev–Trinajstić information content (AvgIpc) is 3.05. The van der Waals surface area contributed by atoms with E-state index in [4.69, 9.17) is 0 Å². The zero-order valence-corrected chi connectivity index (χ0v) is 15.6. The number of nitrogens with one attached hydrogen (secondary N) is 2. The number of aliphatic imine (C=N–C) groups is 1. The summed E-state index contributed by atoms with van der Waals surface area (Å²) in [5.41, 5.74) is 0.586. The minimum absolute atomic E-state index is 0.586. The molecule has 138 valence electrons. The number of anilines is 1. The molecule has 5 nitrogen and oxygen atoms in total. The van der Waals surface area contributed by atoms with E-state index in [0.717, 1.165) is 37.7 Å². The van der Waals surface area contributed by atoms with Gasteiger partial charge in [0, 0.05) is 39.4 Å². The van der Waals surface area contributed by atoms with Crippen molar-refractivity contribution >= 4 is 11.8 Å². The number of unbranched alkanes of at least 4 members (excludes halogenated alkanes) is 1. The number of aromatic nitrogens is 1. The summed E-state index contributed by atoms with van der Waals surface area (Å²) in [6.07, 6.45) is 12.5. The van der Waals surface area contributed by atoms with Gasteiger partial charge in [0.25, 0.3) is 0 Å². The van der Waals surface area contributed by atoms with Gasteiger partial charge < -0.3 is 15.5 Å². The van der Waals surface area contributed by atoms with Crippen molar-refractivity contribution in [2.45, 2.75) is 51.4 Å². The van der Waals surface area contributed by atoms with Crippen LogP contribution in [0.15, 0.2) is 29.4 Å². The third kappa shape index (κ3) is 5.10. The van der Waals surface area contributed by atoms with Crippen molar-refractivity contribution in [2.75, 3.05) is 38.5 Å². The van der Waals surface area contributed by atoms with E-state index in [1.165, 1.54) is 51.6 Å². The molecule has 0 unspecified atom stereocenters. The predicted octanol–water partition coefficient (Wildman–Crippen LogP) is 3.51. The quantitative estimate of drug-likeness (QED) is 0.471. The van der Waals surface area contributed by atoms with Gasteiger partial charge >= 0.3 is 0 Å². The molecule has 1 aliphatic heterocycles. The van der Waals surface area contributed by atoms with E-state index >= 15 is 0 Å². The highest BCUT2D eigenvalue weighted by atomic mass is 15.3. The molecular formula is C20H33N5. The van der Waals surface area contributed by atoms with Crippen LogP contribution in [0.3, 0.4) is 0 Å². The molecule has 2 aliphatic rings. The Balaban J connectivity index is 1.33. The van der Waals surface area contributed by atoms with Crippen LogP contribution in [0.25, 0.3) is 0 Å². The number of pyridine rings is 1. The molecule has 1 aliphatic carbocycles. The van der Waals surface area contributed by atoms with E-state index in [0.29, 0.717) is 5.41 Å². The number of guanidine groups is 1. The summed E-state index contributed by atoms with van der Waals surface area (Å²) in [5.74, 6) is 2.06. The Labute approximate surface area is 152 Å². The Morgan fingerprint density at radius 1 is 1.16 bits per heavy atom. The molecule has 3 rings (SSSR count). The number of rotatable bonds is 6. The molecule has 2 heterocycles. The fraction of sp³-hybridized carbons (Fsp3) is 0.700. The van der Waals surface area contributed by atoms with Crippen molar-refractivity contribution < 1.29 is 0 Å². The van der Waals surface area contributed by atoms with Crippen molar-refractivity contribution in [1.82, 2.24) is 15.2 Å². The topological polar surface area (TPSA) is 52.6 Å². The van der Waals surface area contributed by atoms with Crippen LogP contribution in [0.4, 0.5) is 5.82 Å². The van der Waals surface area contributed by atoms with Gasteiger partial charge in [-0.25, -0.2) is 4.98 Å². The third-order valence-electron chi connectivity index (χ3n) is 5.72. The van der Waals surface area contributed by atoms with Crippen LogP contribution in [0.1, 0.15) is 51.4 Å². The van der Waals surface area contributed by atoms with E-state index in [2.05, 4.69) is 25.5 Å². The van der Waals surface area contributed by atoms with Crippen LogP contribution < -0.4 is 10.6 Å². The van der Waals surface area contributed by atoms with Gasteiger partial charge in [-0.3, -0.25) is 4.99 Å². The number of nitrogens with zero attached hydrogens (tertiary/aromatic N) is 3. The Kier molecular flexibility index (Phi) is 6.54. The van der Waals surface area contributed by atoms with Gasteiger partial charge in [0.05, 0.1) is 0 Å². The first kappa shape index (κ1) is 18.0. The van der Waals surface area contributed by atoms with E-state index in [1.54, 1.807) is 0 Å². The van der Waals surface area contributed by atoms with Crippen molar-refractivity contribution in [3.05, 3.63) is 24.4 Å². The fourth-order valence-corrected chi connectivity index (χ4v) is 4.29. The van der Waals surface area contributed by atoms with E-state index < -0.39 is 0 Å². The molecule has 5 heteroatoms. The minimum atomic E-state index is 0.586. The van der Waals surface area contributed by atoms with Gasteiger partial charge in [0.15, 0.2) is 5.96 Å². The van der Waals surface area contributed by atoms with Crippen molar-refractivity contribution in [2.24, 2.45) is 10.4 Å². The lowest BCUT2D eigenvalue weighted by atomic mass is 9.73. The second-order valence-electron chi connectivity index (χ2n) is 7.56. The van der Waals surface area contributed by atoms with Crippen molar-refractivity contribution in [3.63, 3.8) is 0 Å². The maximum atomic E-state index is 4.52. The smallest absolute Gasteiger partial charge is 0.193 e. The summed E-state index contributed by atoms with van der Waals surface area (Å²) >= 11 is 0. The first-order chi connectivity index (χ1) is 12.3. The van der Waals surface area contributed by atoms with Gasteiger partial charge in [0.1, 0.15) is 5.82 Å². The zero-order chi connectivity index (χ0) is 17.4. The lowest BCUT2D eigenvalue weighted by Crippen LogP contribution is -2.42. The van der Waals surface area contributed by atoms with Gasteiger partial charge in [-0.05, 0) is 49.7 Å². The molecular weight excluding hydrogens is 310 g/mol. The highest BCUT2D eigenvalue weighted by molar-refractivity contribution is 5.80.